The molecule has 5 nitrogen and oxygen atoms in total. The van der Waals surface area contributed by atoms with E-state index in [1.165, 1.54) is 7.11 Å². The van der Waals surface area contributed by atoms with Gasteiger partial charge in [-0.05, 0) is 31.5 Å². The Morgan fingerprint density at radius 1 is 1.33 bits per heavy atom. The lowest BCUT2D eigenvalue weighted by Gasteiger charge is -2.17. The molecular weight excluding hydrogens is 272 g/mol. The first-order chi connectivity index (χ1) is 9.98. The summed E-state index contributed by atoms with van der Waals surface area (Å²) in [5, 5.41) is 0. The predicted molar refractivity (Wildman–Crippen MR) is 77.2 cm³/mol. The van der Waals surface area contributed by atoms with Crippen LogP contribution >= 0.6 is 0 Å². The predicted octanol–water partition coefficient (Wildman–Crippen LogP) is 2.32. The third kappa shape index (κ3) is 5.02. The smallest absolute Gasteiger partial charge is 0.309 e. The van der Waals surface area contributed by atoms with Crippen molar-refractivity contribution in [1.82, 2.24) is 0 Å². The van der Waals surface area contributed by atoms with E-state index in [0.29, 0.717) is 13.2 Å². The van der Waals surface area contributed by atoms with Gasteiger partial charge in [-0.1, -0.05) is 12.1 Å². The van der Waals surface area contributed by atoms with Gasteiger partial charge in [0.1, 0.15) is 5.75 Å². The first-order valence-electron chi connectivity index (χ1n) is 7.09. The van der Waals surface area contributed by atoms with Crippen molar-refractivity contribution in [2.45, 2.75) is 38.6 Å². The van der Waals surface area contributed by atoms with E-state index < -0.39 is 5.79 Å². The quantitative estimate of drug-likeness (QED) is 0.754. The Morgan fingerprint density at radius 3 is 2.62 bits per heavy atom. The number of esters is 1. The van der Waals surface area contributed by atoms with E-state index in [0.717, 1.165) is 17.7 Å². The van der Waals surface area contributed by atoms with Crippen LogP contribution in [0.3, 0.4) is 0 Å². The van der Waals surface area contributed by atoms with Gasteiger partial charge < -0.3 is 18.9 Å². The van der Waals surface area contributed by atoms with Crippen molar-refractivity contribution < 1.29 is 23.7 Å². The van der Waals surface area contributed by atoms with E-state index in [9.17, 15) is 4.79 Å². The Kier molecular flexibility index (Phi) is 5.20. The van der Waals surface area contributed by atoms with E-state index in [1.54, 1.807) is 0 Å². The summed E-state index contributed by atoms with van der Waals surface area (Å²) in [7, 11) is 1.38. The van der Waals surface area contributed by atoms with Gasteiger partial charge in [0.05, 0.1) is 32.8 Å². The van der Waals surface area contributed by atoms with Gasteiger partial charge in [0.15, 0.2) is 5.79 Å². The molecule has 0 aromatic heterocycles. The average Bonchev–Trinajstić information content (AvgIpc) is 2.80. The molecule has 0 N–H and O–H groups in total. The lowest BCUT2D eigenvalue weighted by Crippen LogP contribution is -2.22. The van der Waals surface area contributed by atoms with Crippen LogP contribution in [0, 0.1) is 0 Å². The van der Waals surface area contributed by atoms with Crippen molar-refractivity contribution in [2.24, 2.45) is 0 Å². The molecule has 0 radical (unpaired) electrons. The van der Waals surface area contributed by atoms with Gasteiger partial charge >= 0.3 is 5.97 Å². The summed E-state index contributed by atoms with van der Waals surface area (Å²) >= 11 is 0. The molecule has 116 valence electrons. The van der Waals surface area contributed by atoms with Crippen molar-refractivity contribution >= 4 is 5.97 Å². The van der Waals surface area contributed by atoms with Crippen LogP contribution in [0.5, 0.6) is 5.75 Å². The summed E-state index contributed by atoms with van der Waals surface area (Å²) in [6, 6.07) is 7.44. The van der Waals surface area contributed by atoms with Crippen LogP contribution in [-0.4, -0.2) is 38.2 Å². The minimum absolute atomic E-state index is 0.0820. The van der Waals surface area contributed by atoms with Crippen LogP contribution in [0.15, 0.2) is 24.3 Å². The molecule has 1 unspecified atom stereocenters. The summed E-state index contributed by atoms with van der Waals surface area (Å²) < 4.78 is 21.5. The van der Waals surface area contributed by atoms with Crippen LogP contribution in [0.2, 0.25) is 0 Å². The van der Waals surface area contributed by atoms with Crippen LogP contribution < -0.4 is 4.74 Å². The van der Waals surface area contributed by atoms with E-state index in [1.807, 2.05) is 38.1 Å². The molecule has 0 bridgehead atoms. The molecule has 0 amide bonds. The Labute approximate surface area is 125 Å². The van der Waals surface area contributed by atoms with E-state index >= 15 is 0 Å². The second-order valence-electron chi connectivity index (χ2n) is 5.48. The van der Waals surface area contributed by atoms with Gasteiger partial charge in [-0.25, -0.2) is 0 Å². The van der Waals surface area contributed by atoms with Crippen LogP contribution in [0.1, 0.15) is 25.8 Å². The summed E-state index contributed by atoms with van der Waals surface area (Å²) in [5.74, 6) is 0.0478. The fourth-order valence-electron chi connectivity index (χ4n) is 2.16. The second kappa shape index (κ2) is 6.91. The van der Waals surface area contributed by atoms with Crippen molar-refractivity contribution in [2.75, 3.05) is 20.3 Å². The summed E-state index contributed by atoms with van der Waals surface area (Å²) in [4.78, 5) is 11.2. The SMILES string of the molecule is COC(=O)Cc1ccc(OCCC2COC(C)(C)O2)cc1. The summed E-state index contributed by atoms with van der Waals surface area (Å²) in [6.45, 7) is 5.00. The van der Waals surface area contributed by atoms with Crippen LogP contribution in [0.25, 0.3) is 0 Å². The average molecular weight is 294 g/mol. The Hall–Kier alpha value is -1.59. The standard InChI is InChI=1S/C16H22O5/c1-16(2)20-11-14(21-16)8-9-19-13-6-4-12(5-7-13)10-15(17)18-3/h4-7,14H,8-11H2,1-3H3. The molecule has 0 aliphatic carbocycles. The number of methoxy groups -OCH3 is 1. The van der Waals surface area contributed by atoms with Crippen molar-refractivity contribution in [3.8, 4) is 5.75 Å². The van der Waals surface area contributed by atoms with Gasteiger partial charge in [0, 0.05) is 6.42 Å². The molecule has 1 fully saturated rings. The number of hydrogen-bond acceptors (Lipinski definition) is 5. The number of hydrogen-bond donors (Lipinski definition) is 0. The first kappa shape index (κ1) is 15.8. The van der Waals surface area contributed by atoms with Crippen molar-refractivity contribution in [1.29, 1.82) is 0 Å². The third-order valence-electron chi connectivity index (χ3n) is 3.28. The van der Waals surface area contributed by atoms with Gasteiger partial charge in [-0.15, -0.1) is 0 Å². The van der Waals surface area contributed by atoms with E-state index in [4.69, 9.17) is 14.2 Å². The Balaban J connectivity index is 1.73. The maximum atomic E-state index is 11.2. The first-order valence-corrected chi connectivity index (χ1v) is 7.09. The Morgan fingerprint density at radius 2 is 2.05 bits per heavy atom. The molecule has 1 aliphatic rings. The number of ether oxygens (including phenoxy) is 4. The zero-order valence-corrected chi connectivity index (χ0v) is 12.8. The summed E-state index contributed by atoms with van der Waals surface area (Å²) in [5.41, 5.74) is 0.906. The highest BCUT2D eigenvalue weighted by atomic mass is 16.7. The van der Waals surface area contributed by atoms with Gasteiger partial charge in [-0.3, -0.25) is 4.79 Å². The highest BCUT2D eigenvalue weighted by Crippen LogP contribution is 2.24. The van der Waals surface area contributed by atoms with Crippen LogP contribution in [-0.2, 0) is 25.4 Å². The molecule has 1 aliphatic heterocycles. The molecular formula is C16H22O5. The molecule has 2 rings (SSSR count). The van der Waals surface area contributed by atoms with Gasteiger partial charge in [0.2, 0.25) is 0 Å². The van der Waals surface area contributed by atoms with Crippen molar-refractivity contribution in [3.05, 3.63) is 29.8 Å². The molecule has 21 heavy (non-hydrogen) atoms. The molecule has 0 spiro atoms. The molecule has 1 heterocycles. The monoisotopic (exact) mass is 294 g/mol. The number of carbonyl (C=O) groups is 1. The Bertz CT molecular complexity index is 466. The zero-order chi connectivity index (χ0) is 15.3. The van der Waals surface area contributed by atoms with E-state index in [-0.39, 0.29) is 18.5 Å². The fourth-order valence-corrected chi connectivity index (χ4v) is 2.16. The highest BCUT2D eigenvalue weighted by Gasteiger charge is 2.32. The van der Waals surface area contributed by atoms with Gasteiger partial charge in [0.25, 0.3) is 0 Å². The molecule has 1 atom stereocenters. The third-order valence-corrected chi connectivity index (χ3v) is 3.28. The highest BCUT2D eigenvalue weighted by molar-refractivity contribution is 5.72. The lowest BCUT2D eigenvalue weighted by atomic mass is 10.1. The summed E-state index contributed by atoms with van der Waals surface area (Å²) in [6.07, 6.45) is 1.14. The molecule has 1 aromatic carbocycles. The molecule has 0 saturated carbocycles. The normalized spacial score (nSPS) is 20.2. The second-order valence-corrected chi connectivity index (χ2v) is 5.48. The number of rotatable bonds is 6. The fraction of sp³-hybridized carbons (Fsp3) is 0.562. The number of benzene rings is 1. The van der Waals surface area contributed by atoms with Gasteiger partial charge in [-0.2, -0.15) is 0 Å². The van der Waals surface area contributed by atoms with Crippen molar-refractivity contribution in [3.63, 3.8) is 0 Å². The largest absolute Gasteiger partial charge is 0.493 e. The number of carbonyl (C=O) groups excluding carboxylic acids is 1. The maximum Gasteiger partial charge on any atom is 0.309 e. The minimum atomic E-state index is -0.486. The maximum absolute atomic E-state index is 11.2. The zero-order valence-electron chi connectivity index (χ0n) is 12.8. The van der Waals surface area contributed by atoms with E-state index in [2.05, 4.69) is 4.74 Å². The molecule has 5 heteroatoms. The van der Waals surface area contributed by atoms with Crippen LogP contribution in [0.4, 0.5) is 0 Å². The molecule has 1 aromatic rings. The lowest BCUT2D eigenvalue weighted by molar-refractivity contribution is -0.140. The molecule has 1 saturated heterocycles. The topological polar surface area (TPSA) is 54.0 Å². The minimum Gasteiger partial charge on any atom is -0.493 e.